The quantitative estimate of drug-likeness (QED) is 0.308. The SMILES string of the molecule is CCC(CCC(C)CC(=O)NC)c1ccc(C2=CC=C(c3nc4ccc(C(F)(F)F)cc4[nH]3)CC2)cc1. The van der Waals surface area contributed by atoms with Gasteiger partial charge in [0, 0.05) is 13.5 Å². The maximum Gasteiger partial charge on any atom is 0.416 e. The van der Waals surface area contributed by atoms with E-state index in [9.17, 15) is 18.0 Å². The average molecular weight is 510 g/mol. The topological polar surface area (TPSA) is 57.8 Å². The zero-order valence-corrected chi connectivity index (χ0v) is 21.6. The number of hydrogen-bond donors (Lipinski definition) is 2. The molecule has 1 aliphatic carbocycles. The van der Waals surface area contributed by atoms with E-state index in [1.807, 2.05) is 6.08 Å². The van der Waals surface area contributed by atoms with Crippen molar-refractivity contribution in [1.82, 2.24) is 15.3 Å². The Kier molecular flexibility index (Phi) is 8.20. The molecule has 4 nitrogen and oxygen atoms in total. The Balaban J connectivity index is 1.43. The molecule has 0 aliphatic heterocycles. The van der Waals surface area contributed by atoms with Crippen LogP contribution in [0.5, 0.6) is 0 Å². The van der Waals surface area contributed by atoms with Crippen LogP contribution in [0.4, 0.5) is 13.2 Å². The fourth-order valence-corrected chi connectivity index (χ4v) is 5.00. The molecule has 0 fully saturated rings. The van der Waals surface area contributed by atoms with Crippen LogP contribution in [0.2, 0.25) is 0 Å². The Labute approximate surface area is 216 Å². The summed E-state index contributed by atoms with van der Waals surface area (Å²) in [5.41, 5.74) is 4.97. The van der Waals surface area contributed by atoms with Crippen molar-refractivity contribution in [2.75, 3.05) is 7.05 Å². The molecular weight excluding hydrogens is 475 g/mol. The number of nitrogens with zero attached hydrogens (tertiary/aromatic N) is 1. The molecule has 0 radical (unpaired) electrons. The van der Waals surface area contributed by atoms with Crippen LogP contribution in [-0.4, -0.2) is 22.9 Å². The number of benzene rings is 2. The summed E-state index contributed by atoms with van der Waals surface area (Å²) in [5.74, 6) is 1.55. The lowest BCUT2D eigenvalue weighted by atomic mass is 9.86. The van der Waals surface area contributed by atoms with Gasteiger partial charge in [-0.1, -0.05) is 50.3 Å². The van der Waals surface area contributed by atoms with E-state index in [4.69, 9.17) is 0 Å². The van der Waals surface area contributed by atoms with Gasteiger partial charge in [-0.15, -0.1) is 0 Å². The number of rotatable bonds is 9. The number of allylic oxidation sites excluding steroid dienone is 4. The molecule has 4 rings (SSSR count). The highest BCUT2D eigenvalue weighted by molar-refractivity contribution is 5.82. The van der Waals surface area contributed by atoms with Crippen LogP contribution in [0.25, 0.3) is 22.2 Å². The number of fused-ring (bicyclic) bond motifs is 1. The van der Waals surface area contributed by atoms with E-state index in [2.05, 4.69) is 59.5 Å². The first-order valence-corrected chi connectivity index (χ1v) is 13.0. The highest BCUT2D eigenvalue weighted by atomic mass is 19.4. The Morgan fingerprint density at radius 1 is 1.05 bits per heavy atom. The molecule has 2 atom stereocenters. The fraction of sp³-hybridized carbons (Fsp3) is 0.400. The number of aromatic nitrogens is 2. The van der Waals surface area contributed by atoms with Gasteiger partial charge in [0.1, 0.15) is 5.82 Å². The first-order valence-electron chi connectivity index (χ1n) is 13.0. The monoisotopic (exact) mass is 509 g/mol. The molecule has 2 N–H and O–H groups in total. The van der Waals surface area contributed by atoms with E-state index in [0.29, 0.717) is 35.1 Å². The molecule has 0 bridgehead atoms. The van der Waals surface area contributed by atoms with Crippen LogP contribution in [0.1, 0.15) is 80.8 Å². The third-order valence-corrected chi connectivity index (χ3v) is 7.33. The van der Waals surface area contributed by atoms with E-state index < -0.39 is 11.7 Å². The number of aromatic amines is 1. The summed E-state index contributed by atoms with van der Waals surface area (Å²) in [6, 6.07) is 12.4. The third kappa shape index (κ3) is 6.51. The molecule has 2 aromatic carbocycles. The van der Waals surface area contributed by atoms with Crippen molar-refractivity contribution in [2.24, 2.45) is 5.92 Å². The normalized spacial score (nSPS) is 15.7. The van der Waals surface area contributed by atoms with Crippen LogP contribution in [-0.2, 0) is 11.0 Å². The number of H-pyrrole nitrogens is 1. The summed E-state index contributed by atoms with van der Waals surface area (Å²) in [4.78, 5) is 19.2. The molecule has 0 saturated heterocycles. The molecule has 1 heterocycles. The molecule has 1 amide bonds. The van der Waals surface area contributed by atoms with Gasteiger partial charge in [-0.2, -0.15) is 13.2 Å². The number of carbonyl (C=O) groups is 1. The van der Waals surface area contributed by atoms with Gasteiger partial charge in [-0.05, 0) is 84.4 Å². The van der Waals surface area contributed by atoms with Gasteiger partial charge >= 0.3 is 6.18 Å². The predicted molar refractivity (Wildman–Crippen MR) is 143 cm³/mol. The Hall–Kier alpha value is -3.35. The van der Waals surface area contributed by atoms with Crippen LogP contribution in [0.3, 0.4) is 0 Å². The molecule has 1 aromatic heterocycles. The summed E-state index contributed by atoms with van der Waals surface area (Å²) in [7, 11) is 1.68. The summed E-state index contributed by atoms with van der Waals surface area (Å²) < 4.78 is 39.1. The van der Waals surface area contributed by atoms with E-state index >= 15 is 0 Å². The lowest BCUT2D eigenvalue weighted by Crippen LogP contribution is -2.20. The molecule has 37 heavy (non-hydrogen) atoms. The number of amides is 1. The van der Waals surface area contributed by atoms with Crippen LogP contribution in [0, 0.1) is 5.92 Å². The molecule has 0 spiro atoms. The number of carbonyl (C=O) groups excluding carboxylic acids is 1. The zero-order chi connectivity index (χ0) is 26.6. The molecule has 0 saturated carbocycles. The summed E-state index contributed by atoms with van der Waals surface area (Å²) in [6.07, 6.45) is 5.03. The van der Waals surface area contributed by atoms with Gasteiger partial charge in [0.15, 0.2) is 0 Å². The maximum absolute atomic E-state index is 13.0. The Morgan fingerprint density at radius 2 is 1.76 bits per heavy atom. The maximum atomic E-state index is 13.0. The number of nitrogens with one attached hydrogen (secondary N) is 2. The van der Waals surface area contributed by atoms with Gasteiger partial charge in [-0.25, -0.2) is 4.98 Å². The zero-order valence-electron chi connectivity index (χ0n) is 21.6. The van der Waals surface area contributed by atoms with Crippen molar-refractivity contribution in [3.05, 3.63) is 77.1 Å². The first kappa shape index (κ1) is 26.7. The van der Waals surface area contributed by atoms with Crippen molar-refractivity contribution in [3.8, 4) is 0 Å². The smallest absolute Gasteiger partial charge is 0.359 e. The van der Waals surface area contributed by atoms with Gasteiger partial charge in [0.2, 0.25) is 5.91 Å². The summed E-state index contributed by atoms with van der Waals surface area (Å²) in [5, 5.41) is 2.70. The number of halogens is 3. The molecular formula is C30H34F3N3O. The minimum absolute atomic E-state index is 0.0961. The predicted octanol–water partition coefficient (Wildman–Crippen LogP) is 7.89. The molecule has 7 heteroatoms. The molecule has 196 valence electrons. The van der Waals surface area contributed by atoms with Gasteiger partial charge in [0.05, 0.1) is 16.6 Å². The molecule has 2 unspecified atom stereocenters. The summed E-state index contributed by atoms with van der Waals surface area (Å²) >= 11 is 0. The van der Waals surface area contributed by atoms with Gasteiger partial charge in [0.25, 0.3) is 0 Å². The van der Waals surface area contributed by atoms with E-state index in [1.165, 1.54) is 22.8 Å². The molecule has 3 aromatic rings. The van der Waals surface area contributed by atoms with E-state index in [-0.39, 0.29) is 5.91 Å². The second-order valence-corrected chi connectivity index (χ2v) is 9.99. The standard InChI is InChI=1S/C30H34F3N3O/c1-4-20(6-5-19(2)17-28(37)34-3)21-7-9-22(10-8-21)23-11-13-24(14-12-23)29-35-26-16-15-25(30(31,32)33)18-27(26)36-29/h7-11,13,15-16,18-20H,4-6,12,14,17H2,1-3H3,(H,34,37)(H,35,36). The lowest BCUT2D eigenvalue weighted by Gasteiger charge is -2.19. The fourth-order valence-electron chi connectivity index (χ4n) is 5.00. The minimum atomic E-state index is -4.38. The number of imidazole rings is 1. The second kappa shape index (κ2) is 11.4. The van der Waals surface area contributed by atoms with Crippen LogP contribution in [0.15, 0.2) is 54.6 Å². The van der Waals surface area contributed by atoms with E-state index in [1.54, 1.807) is 7.05 Å². The van der Waals surface area contributed by atoms with Crippen LogP contribution < -0.4 is 5.32 Å². The summed E-state index contributed by atoms with van der Waals surface area (Å²) in [6.45, 7) is 4.34. The van der Waals surface area contributed by atoms with Gasteiger partial charge in [-0.3, -0.25) is 4.79 Å². The van der Waals surface area contributed by atoms with Gasteiger partial charge < -0.3 is 10.3 Å². The highest BCUT2D eigenvalue weighted by Gasteiger charge is 2.30. The second-order valence-electron chi connectivity index (χ2n) is 9.99. The third-order valence-electron chi connectivity index (χ3n) is 7.33. The number of alkyl halides is 3. The molecule has 1 aliphatic rings. The van der Waals surface area contributed by atoms with Crippen molar-refractivity contribution in [3.63, 3.8) is 0 Å². The van der Waals surface area contributed by atoms with Crippen LogP contribution >= 0.6 is 0 Å². The lowest BCUT2D eigenvalue weighted by molar-refractivity contribution is -0.137. The first-order chi connectivity index (χ1) is 17.7. The van der Waals surface area contributed by atoms with Crippen molar-refractivity contribution in [1.29, 1.82) is 0 Å². The number of hydrogen-bond acceptors (Lipinski definition) is 2. The van der Waals surface area contributed by atoms with E-state index in [0.717, 1.165) is 49.8 Å². The Morgan fingerprint density at radius 3 is 2.38 bits per heavy atom. The Bertz CT molecular complexity index is 1300. The van der Waals surface area contributed by atoms with Crippen molar-refractivity contribution >= 4 is 28.1 Å². The minimum Gasteiger partial charge on any atom is -0.359 e. The van der Waals surface area contributed by atoms with Crippen molar-refractivity contribution < 1.29 is 18.0 Å². The van der Waals surface area contributed by atoms with Crippen molar-refractivity contribution in [2.45, 2.75) is 64.5 Å². The largest absolute Gasteiger partial charge is 0.416 e. The highest BCUT2D eigenvalue weighted by Crippen LogP contribution is 2.35. The average Bonchev–Trinajstić information content (AvgIpc) is 3.32.